The van der Waals surface area contributed by atoms with Gasteiger partial charge in [0.2, 0.25) is 5.88 Å². The molecule has 0 bridgehead atoms. The highest BCUT2D eigenvalue weighted by atomic mass is 32.2. The molecular weight excluding hydrogens is 494 g/mol. The Morgan fingerprint density at radius 3 is 2.70 bits per heavy atom. The highest BCUT2D eigenvalue weighted by Gasteiger charge is 2.36. The molecule has 3 aromatic heterocycles. The maximum atomic E-state index is 13.3. The van der Waals surface area contributed by atoms with E-state index in [1.165, 1.54) is 37.6 Å². The van der Waals surface area contributed by atoms with Gasteiger partial charge in [-0.25, -0.2) is 27.8 Å². The van der Waals surface area contributed by atoms with Crippen LogP contribution in [0.3, 0.4) is 0 Å². The molecule has 0 aromatic carbocycles. The molecule has 1 aliphatic heterocycles. The van der Waals surface area contributed by atoms with Gasteiger partial charge in [0.05, 0.1) is 12.2 Å². The number of carbonyl (C=O) groups is 1. The summed E-state index contributed by atoms with van der Waals surface area (Å²) in [5.41, 5.74) is 5.61. The van der Waals surface area contributed by atoms with E-state index in [9.17, 15) is 13.2 Å². The fourth-order valence-electron chi connectivity index (χ4n) is 4.69. The van der Waals surface area contributed by atoms with Gasteiger partial charge in [-0.05, 0) is 69.7 Å². The minimum Gasteiger partial charge on any atom is -0.476 e. The number of nitrogens with one attached hydrogen (secondary N) is 1. The number of nitrogen functional groups attached to an aromatic ring is 1. The Hall–Kier alpha value is -3.67. The zero-order valence-corrected chi connectivity index (χ0v) is 21.7. The molecule has 5 rings (SSSR count). The van der Waals surface area contributed by atoms with E-state index in [2.05, 4.69) is 28.7 Å². The molecule has 1 saturated heterocycles. The first kappa shape index (κ1) is 25.0. The van der Waals surface area contributed by atoms with Crippen molar-refractivity contribution in [3.63, 3.8) is 0 Å². The van der Waals surface area contributed by atoms with E-state index in [4.69, 9.17) is 15.5 Å². The number of hydrogen-bond acceptors (Lipinski definition) is 9. The summed E-state index contributed by atoms with van der Waals surface area (Å²) in [6.45, 7) is 5.47. The third-order valence-electron chi connectivity index (χ3n) is 7.07. The predicted octanol–water partition coefficient (Wildman–Crippen LogP) is 2.92. The topological polar surface area (TPSA) is 145 Å². The number of rotatable bonds is 8. The maximum Gasteiger partial charge on any atom is 0.268 e. The van der Waals surface area contributed by atoms with Crippen molar-refractivity contribution >= 4 is 27.6 Å². The number of ether oxygens (including phenoxy) is 1. The molecule has 4 heterocycles. The highest BCUT2D eigenvalue weighted by molar-refractivity contribution is 7.90. The minimum absolute atomic E-state index is 0.137. The van der Waals surface area contributed by atoms with Crippen molar-refractivity contribution in [2.75, 3.05) is 23.8 Å². The summed E-state index contributed by atoms with van der Waals surface area (Å²) >= 11 is 0. The number of nitrogens with two attached hydrogens (primary N) is 1. The Morgan fingerprint density at radius 1 is 1.22 bits per heavy atom. The SMILES string of the molecule is CC1(C)CCCN1c1nc(-n2ccc(OCC3CCC3)n2)ccc1C(=O)NS(=O)(=O)c1cccnc1N. The molecule has 2 aliphatic rings. The van der Waals surface area contributed by atoms with Gasteiger partial charge in [-0.15, -0.1) is 5.10 Å². The smallest absolute Gasteiger partial charge is 0.268 e. The lowest BCUT2D eigenvalue weighted by molar-refractivity contribution is 0.0981. The lowest BCUT2D eigenvalue weighted by Crippen LogP contribution is -2.41. The fraction of sp³-hybridized carbons (Fsp3) is 0.440. The zero-order valence-electron chi connectivity index (χ0n) is 20.9. The van der Waals surface area contributed by atoms with Crippen LogP contribution in [0.25, 0.3) is 5.82 Å². The van der Waals surface area contributed by atoms with Crippen LogP contribution in [0.5, 0.6) is 5.88 Å². The van der Waals surface area contributed by atoms with Crippen LogP contribution in [-0.2, 0) is 10.0 Å². The standard InChI is InChI=1S/C25H31N7O4S/c1-25(2)12-5-14-31(25)23-18(24(33)30-37(34,35)19-8-4-13-27-22(19)26)9-10-20(28-23)32-15-11-21(29-32)36-16-17-6-3-7-17/h4,8-11,13,15,17H,3,5-7,12,14,16H2,1-2H3,(H2,26,27)(H,30,33). The second-order valence-corrected chi connectivity index (χ2v) is 11.8. The number of pyridine rings is 2. The van der Waals surface area contributed by atoms with Crippen LogP contribution in [0.15, 0.2) is 47.6 Å². The number of carbonyl (C=O) groups excluding carboxylic acids is 1. The molecule has 1 amide bonds. The molecule has 1 saturated carbocycles. The Morgan fingerprint density at radius 2 is 2.03 bits per heavy atom. The largest absolute Gasteiger partial charge is 0.476 e. The number of anilines is 2. The second-order valence-electron chi connectivity index (χ2n) is 10.1. The van der Waals surface area contributed by atoms with Gasteiger partial charge in [0.15, 0.2) is 5.82 Å². The fourth-order valence-corrected chi connectivity index (χ4v) is 5.74. The highest BCUT2D eigenvalue weighted by Crippen LogP contribution is 2.35. The molecule has 3 aromatic rings. The van der Waals surface area contributed by atoms with E-state index >= 15 is 0 Å². The molecular formula is C25H31N7O4S. The van der Waals surface area contributed by atoms with Crippen molar-refractivity contribution < 1.29 is 17.9 Å². The van der Waals surface area contributed by atoms with Gasteiger partial charge in [-0.2, -0.15) is 0 Å². The lowest BCUT2D eigenvalue weighted by Gasteiger charge is -2.34. The molecule has 12 heteroatoms. The van der Waals surface area contributed by atoms with E-state index in [-0.39, 0.29) is 21.8 Å². The number of aromatic nitrogens is 4. The van der Waals surface area contributed by atoms with E-state index in [1.54, 1.807) is 29.1 Å². The van der Waals surface area contributed by atoms with E-state index in [0.29, 0.717) is 36.6 Å². The van der Waals surface area contributed by atoms with Gasteiger partial charge in [0, 0.05) is 30.5 Å². The molecule has 0 radical (unpaired) electrons. The van der Waals surface area contributed by atoms with Gasteiger partial charge in [0.25, 0.3) is 15.9 Å². The van der Waals surface area contributed by atoms with Crippen molar-refractivity contribution in [3.05, 3.63) is 48.3 Å². The van der Waals surface area contributed by atoms with Crippen LogP contribution in [-0.4, -0.2) is 52.8 Å². The maximum absolute atomic E-state index is 13.3. The Balaban J connectivity index is 1.45. The van der Waals surface area contributed by atoms with Crippen molar-refractivity contribution in [3.8, 4) is 11.7 Å². The van der Waals surface area contributed by atoms with Crippen molar-refractivity contribution in [1.82, 2.24) is 24.5 Å². The molecule has 11 nitrogen and oxygen atoms in total. The molecule has 0 atom stereocenters. The van der Waals surface area contributed by atoms with Crippen molar-refractivity contribution in [2.45, 2.75) is 56.4 Å². The average Bonchev–Trinajstić information content (AvgIpc) is 3.43. The quantitative estimate of drug-likeness (QED) is 0.453. The summed E-state index contributed by atoms with van der Waals surface area (Å²) in [6.07, 6.45) is 8.58. The Kier molecular flexibility index (Phi) is 6.52. The first-order chi connectivity index (χ1) is 17.6. The molecule has 0 unspecified atom stereocenters. The van der Waals surface area contributed by atoms with Crippen LogP contribution >= 0.6 is 0 Å². The summed E-state index contributed by atoms with van der Waals surface area (Å²) in [6, 6.07) is 7.73. The van der Waals surface area contributed by atoms with Crippen molar-refractivity contribution in [2.24, 2.45) is 5.92 Å². The Labute approximate surface area is 216 Å². The Bertz CT molecular complexity index is 1420. The van der Waals surface area contributed by atoms with Crippen LogP contribution in [0.2, 0.25) is 0 Å². The third-order valence-corrected chi connectivity index (χ3v) is 8.45. The molecule has 1 aliphatic carbocycles. The first-order valence-electron chi connectivity index (χ1n) is 12.4. The summed E-state index contributed by atoms with van der Waals surface area (Å²) in [5, 5.41) is 4.49. The normalized spacial score (nSPS) is 17.4. The second kappa shape index (κ2) is 9.66. The molecule has 3 N–H and O–H groups in total. The summed E-state index contributed by atoms with van der Waals surface area (Å²) in [5.74, 6) is 0.990. The summed E-state index contributed by atoms with van der Waals surface area (Å²) in [7, 11) is -4.24. The zero-order chi connectivity index (χ0) is 26.2. The van der Waals surface area contributed by atoms with Gasteiger partial charge < -0.3 is 15.4 Å². The van der Waals surface area contributed by atoms with E-state index in [0.717, 1.165) is 12.8 Å². The van der Waals surface area contributed by atoms with Crippen LogP contribution in [0, 0.1) is 5.92 Å². The van der Waals surface area contributed by atoms with Gasteiger partial charge in [-0.3, -0.25) is 4.79 Å². The predicted molar refractivity (Wildman–Crippen MR) is 138 cm³/mol. The van der Waals surface area contributed by atoms with Crippen LogP contribution in [0.4, 0.5) is 11.6 Å². The average molecular weight is 526 g/mol. The van der Waals surface area contributed by atoms with Crippen LogP contribution in [0.1, 0.15) is 56.3 Å². The summed E-state index contributed by atoms with van der Waals surface area (Å²) in [4.78, 5) is 23.7. The summed E-state index contributed by atoms with van der Waals surface area (Å²) < 4.78 is 35.4. The van der Waals surface area contributed by atoms with Gasteiger partial charge in [-0.1, -0.05) is 6.42 Å². The van der Waals surface area contributed by atoms with Gasteiger partial charge >= 0.3 is 0 Å². The molecule has 2 fully saturated rings. The van der Waals surface area contributed by atoms with Crippen molar-refractivity contribution in [1.29, 1.82) is 0 Å². The van der Waals surface area contributed by atoms with Gasteiger partial charge in [0.1, 0.15) is 16.5 Å². The molecule has 196 valence electrons. The third kappa shape index (κ3) is 5.10. The number of sulfonamides is 1. The molecule has 0 spiro atoms. The molecule has 37 heavy (non-hydrogen) atoms. The number of amides is 1. The lowest BCUT2D eigenvalue weighted by atomic mass is 9.86. The first-order valence-corrected chi connectivity index (χ1v) is 13.9. The minimum atomic E-state index is -4.24. The monoisotopic (exact) mass is 525 g/mol. The van der Waals surface area contributed by atoms with Crippen LogP contribution < -0.4 is 20.1 Å². The number of nitrogens with zero attached hydrogens (tertiary/aromatic N) is 5. The number of hydrogen-bond donors (Lipinski definition) is 2. The van der Waals surface area contributed by atoms with E-state index in [1.807, 2.05) is 4.90 Å². The van der Waals surface area contributed by atoms with E-state index < -0.39 is 15.9 Å².